The Hall–Kier alpha value is -1.39. The van der Waals surface area contributed by atoms with E-state index >= 15 is 0 Å². The van der Waals surface area contributed by atoms with Crippen LogP contribution >= 0.6 is 15.9 Å². The summed E-state index contributed by atoms with van der Waals surface area (Å²) in [5.41, 5.74) is 2.81. The maximum Gasteiger partial charge on any atom is 0.142 e. The molecule has 112 valence electrons. The van der Waals surface area contributed by atoms with Gasteiger partial charge in [-0.25, -0.2) is 4.39 Å². The molecule has 0 amide bonds. The number of hydrogen-bond donors (Lipinski definition) is 1. The zero-order valence-electron chi connectivity index (χ0n) is 12.5. The van der Waals surface area contributed by atoms with E-state index < -0.39 is 0 Å². The third-order valence-electron chi connectivity index (χ3n) is 3.42. The maximum atomic E-state index is 14.4. The Morgan fingerprint density at radius 1 is 1.19 bits per heavy atom. The minimum Gasteiger partial charge on any atom is -0.378 e. The summed E-state index contributed by atoms with van der Waals surface area (Å²) in [6, 6.07) is 13.4. The van der Waals surface area contributed by atoms with Crippen LogP contribution in [0.5, 0.6) is 0 Å². The first-order valence-electron chi connectivity index (χ1n) is 6.99. The topological polar surface area (TPSA) is 15.3 Å². The van der Waals surface area contributed by atoms with Crippen LogP contribution in [0.1, 0.15) is 24.1 Å². The standard InChI is InChI=1S/C17H20BrFN2/c1-4-20-17(14-9-6-10-15(18)16(14)19)12-7-5-8-13(11-12)21(2)3/h5-11,17,20H,4H2,1-3H3. The predicted octanol–water partition coefficient (Wildman–Crippen LogP) is 4.35. The van der Waals surface area contributed by atoms with Crippen molar-refractivity contribution in [1.29, 1.82) is 0 Å². The van der Waals surface area contributed by atoms with E-state index in [0.717, 1.165) is 17.8 Å². The molecule has 0 heterocycles. The molecule has 0 radical (unpaired) electrons. The second-order valence-electron chi connectivity index (χ2n) is 5.12. The van der Waals surface area contributed by atoms with E-state index in [4.69, 9.17) is 0 Å². The Balaban J connectivity index is 2.48. The molecule has 0 saturated carbocycles. The molecule has 1 atom stereocenters. The van der Waals surface area contributed by atoms with Gasteiger partial charge in [0, 0.05) is 25.3 Å². The summed E-state index contributed by atoms with van der Waals surface area (Å²) >= 11 is 3.26. The summed E-state index contributed by atoms with van der Waals surface area (Å²) < 4.78 is 14.9. The van der Waals surface area contributed by atoms with Crippen LogP contribution in [0.25, 0.3) is 0 Å². The molecule has 0 aliphatic carbocycles. The number of nitrogens with one attached hydrogen (secondary N) is 1. The molecular formula is C17H20BrFN2. The van der Waals surface area contributed by atoms with Gasteiger partial charge in [-0.15, -0.1) is 0 Å². The zero-order valence-corrected chi connectivity index (χ0v) is 14.1. The fourth-order valence-corrected chi connectivity index (χ4v) is 2.72. The lowest BCUT2D eigenvalue weighted by atomic mass is 9.97. The van der Waals surface area contributed by atoms with Crippen LogP contribution in [0, 0.1) is 5.82 Å². The second kappa shape index (κ2) is 7.05. The van der Waals surface area contributed by atoms with E-state index in [-0.39, 0.29) is 11.9 Å². The summed E-state index contributed by atoms with van der Waals surface area (Å²) in [5, 5.41) is 3.37. The molecule has 4 heteroatoms. The summed E-state index contributed by atoms with van der Waals surface area (Å²) in [6.45, 7) is 2.79. The van der Waals surface area contributed by atoms with Gasteiger partial charge in [-0.1, -0.05) is 31.2 Å². The third kappa shape index (κ3) is 3.63. The van der Waals surface area contributed by atoms with Gasteiger partial charge in [0.05, 0.1) is 10.5 Å². The highest BCUT2D eigenvalue weighted by molar-refractivity contribution is 9.10. The largest absolute Gasteiger partial charge is 0.378 e. The van der Waals surface area contributed by atoms with Crippen molar-refractivity contribution in [1.82, 2.24) is 5.32 Å². The zero-order chi connectivity index (χ0) is 15.4. The van der Waals surface area contributed by atoms with Gasteiger partial charge in [0.25, 0.3) is 0 Å². The Morgan fingerprint density at radius 3 is 2.57 bits per heavy atom. The number of halogens is 2. The van der Waals surface area contributed by atoms with Crippen LogP contribution < -0.4 is 10.2 Å². The van der Waals surface area contributed by atoms with E-state index in [2.05, 4.69) is 27.3 Å². The van der Waals surface area contributed by atoms with E-state index in [0.29, 0.717) is 10.0 Å². The van der Waals surface area contributed by atoms with E-state index in [9.17, 15) is 4.39 Å². The smallest absolute Gasteiger partial charge is 0.142 e. The molecule has 0 aliphatic heterocycles. The molecule has 2 rings (SSSR count). The Bertz CT molecular complexity index is 613. The minimum absolute atomic E-state index is 0.160. The predicted molar refractivity (Wildman–Crippen MR) is 90.4 cm³/mol. The van der Waals surface area contributed by atoms with Crippen molar-refractivity contribution in [2.75, 3.05) is 25.5 Å². The number of benzene rings is 2. The Morgan fingerprint density at radius 2 is 1.90 bits per heavy atom. The van der Waals surface area contributed by atoms with Gasteiger partial charge in [0.1, 0.15) is 5.82 Å². The molecule has 1 unspecified atom stereocenters. The van der Waals surface area contributed by atoms with Gasteiger partial charge < -0.3 is 10.2 Å². The minimum atomic E-state index is -0.210. The molecule has 21 heavy (non-hydrogen) atoms. The lowest BCUT2D eigenvalue weighted by Gasteiger charge is -2.22. The summed E-state index contributed by atoms with van der Waals surface area (Å²) in [6.07, 6.45) is 0. The quantitative estimate of drug-likeness (QED) is 0.861. The van der Waals surface area contributed by atoms with Crippen molar-refractivity contribution in [2.24, 2.45) is 0 Å². The Kier molecular flexibility index (Phi) is 5.37. The van der Waals surface area contributed by atoms with Gasteiger partial charge in [-0.05, 0) is 46.2 Å². The van der Waals surface area contributed by atoms with Crippen LogP contribution in [0.15, 0.2) is 46.9 Å². The molecule has 0 aliphatic rings. The molecule has 2 nitrogen and oxygen atoms in total. The maximum absolute atomic E-state index is 14.4. The van der Waals surface area contributed by atoms with Crippen LogP contribution in [-0.2, 0) is 0 Å². The molecule has 1 N–H and O–H groups in total. The van der Waals surface area contributed by atoms with Crippen LogP contribution in [0.3, 0.4) is 0 Å². The van der Waals surface area contributed by atoms with Gasteiger partial charge in [-0.3, -0.25) is 0 Å². The number of rotatable bonds is 5. The van der Waals surface area contributed by atoms with Crippen molar-refractivity contribution in [3.05, 3.63) is 63.9 Å². The van der Waals surface area contributed by atoms with Gasteiger partial charge in [-0.2, -0.15) is 0 Å². The van der Waals surface area contributed by atoms with Crippen LogP contribution in [0.4, 0.5) is 10.1 Å². The number of nitrogens with zero attached hydrogens (tertiary/aromatic N) is 1. The lowest BCUT2D eigenvalue weighted by molar-refractivity contribution is 0.555. The second-order valence-corrected chi connectivity index (χ2v) is 5.98. The van der Waals surface area contributed by atoms with Gasteiger partial charge in [0.15, 0.2) is 0 Å². The molecule has 2 aromatic carbocycles. The monoisotopic (exact) mass is 350 g/mol. The van der Waals surface area contributed by atoms with Gasteiger partial charge in [0.2, 0.25) is 0 Å². The lowest BCUT2D eigenvalue weighted by Crippen LogP contribution is -2.23. The summed E-state index contributed by atoms with van der Waals surface area (Å²) in [5.74, 6) is -0.210. The van der Waals surface area contributed by atoms with Crippen LogP contribution in [-0.4, -0.2) is 20.6 Å². The molecule has 0 bridgehead atoms. The molecule has 0 fully saturated rings. The van der Waals surface area contributed by atoms with E-state index in [1.165, 1.54) is 0 Å². The van der Waals surface area contributed by atoms with Crippen molar-refractivity contribution in [2.45, 2.75) is 13.0 Å². The summed E-state index contributed by atoms with van der Waals surface area (Å²) in [4.78, 5) is 2.05. The highest BCUT2D eigenvalue weighted by Gasteiger charge is 2.18. The first-order chi connectivity index (χ1) is 10.0. The van der Waals surface area contributed by atoms with Gasteiger partial charge >= 0.3 is 0 Å². The fourth-order valence-electron chi connectivity index (χ4n) is 2.34. The molecule has 0 aromatic heterocycles. The first-order valence-corrected chi connectivity index (χ1v) is 7.78. The van der Waals surface area contributed by atoms with Crippen molar-refractivity contribution >= 4 is 21.6 Å². The third-order valence-corrected chi connectivity index (χ3v) is 4.03. The highest BCUT2D eigenvalue weighted by atomic mass is 79.9. The average molecular weight is 351 g/mol. The van der Waals surface area contributed by atoms with Crippen molar-refractivity contribution < 1.29 is 4.39 Å². The average Bonchev–Trinajstić information content (AvgIpc) is 2.48. The number of hydrogen-bond acceptors (Lipinski definition) is 2. The highest BCUT2D eigenvalue weighted by Crippen LogP contribution is 2.29. The summed E-state index contributed by atoms with van der Waals surface area (Å²) in [7, 11) is 4.00. The van der Waals surface area contributed by atoms with Crippen molar-refractivity contribution in [3.8, 4) is 0 Å². The molecule has 2 aromatic rings. The van der Waals surface area contributed by atoms with E-state index in [1.807, 2.05) is 56.3 Å². The Labute approximate surface area is 134 Å². The molecule has 0 saturated heterocycles. The molecular weight excluding hydrogens is 331 g/mol. The number of anilines is 1. The van der Waals surface area contributed by atoms with Crippen molar-refractivity contribution in [3.63, 3.8) is 0 Å². The van der Waals surface area contributed by atoms with E-state index in [1.54, 1.807) is 6.07 Å². The first kappa shape index (κ1) is 16.0. The normalized spacial score (nSPS) is 12.2. The molecule has 0 spiro atoms. The fraction of sp³-hybridized carbons (Fsp3) is 0.294. The van der Waals surface area contributed by atoms with Crippen LogP contribution in [0.2, 0.25) is 0 Å². The SMILES string of the molecule is CCNC(c1cccc(N(C)C)c1)c1cccc(Br)c1F.